The molecule has 2 N–H and O–H groups in total. The zero-order valence-electron chi connectivity index (χ0n) is 8.68. The molecule has 88 valence electrons. The van der Waals surface area contributed by atoms with Crippen molar-refractivity contribution in [1.29, 1.82) is 0 Å². The highest BCUT2D eigenvalue weighted by atomic mass is 35.5. The molecule has 0 aliphatic carbocycles. The van der Waals surface area contributed by atoms with Crippen LogP contribution in [0.4, 0.5) is 5.69 Å². The molecule has 0 amide bonds. The summed E-state index contributed by atoms with van der Waals surface area (Å²) >= 11 is 5.75. The number of aromatic nitrogens is 1. The Morgan fingerprint density at radius 3 is 2.71 bits per heavy atom. The molecule has 1 aromatic heterocycles. The summed E-state index contributed by atoms with van der Waals surface area (Å²) in [6.07, 6.45) is 0. The Morgan fingerprint density at radius 2 is 2.12 bits per heavy atom. The van der Waals surface area contributed by atoms with Gasteiger partial charge in [-0.05, 0) is 24.3 Å². The van der Waals surface area contributed by atoms with Gasteiger partial charge in [-0.15, -0.1) is 0 Å². The second kappa shape index (κ2) is 4.88. The minimum absolute atomic E-state index is 0.0992. The number of carboxylic acid groups (broad SMARTS) is 1. The third-order valence-electron chi connectivity index (χ3n) is 2.09. The van der Waals surface area contributed by atoms with Crippen LogP contribution < -0.4 is 5.32 Å². The van der Waals surface area contributed by atoms with Crippen LogP contribution in [-0.4, -0.2) is 16.2 Å². The predicted octanol–water partition coefficient (Wildman–Crippen LogP) is 2.64. The maximum absolute atomic E-state index is 10.6. The van der Waals surface area contributed by atoms with Gasteiger partial charge in [-0.25, -0.2) is 4.79 Å². The van der Waals surface area contributed by atoms with Crippen LogP contribution in [0.25, 0.3) is 0 Å². The quantitative estimate of drug-likeness (QED) is 0.875. The molecule has 2 aromatic rings. The van der Waals surface area contributed by atoms with E-state index in [-0.39, 0.29) is 5.69 Å². The zero-order chi connectivity index (χ0) is 12.3. The standard InChI is InChI=1S/C11H9ClN2O3/c12-7-1-3-8(4-2-7)13-6-9-5-10(11(15)16)14-17-9/h1-5,13H,6H2,(H,15,16). The third-order valence-corrected chi connectivity index (χ3v) is 2.34. The maximum atomic E-state index is 10.6. The van der Waals surface area contributed by atoms with Crippen molar-refractivity contribution in [1.82, 2.24) is 5.16 Å². The first-order valence-corrected chi connectivity index (χ1v) is 5.21. The highest BCUT2D eigenvalue weighted by molar-refractivity contribution is 6.30. The number of nitrogens with zero attached hydrogens (tertiary/aromatic N) is 1. The molecule has 0 fully saturated rings. The van der Waals surface area contributed by atoms with E-state index >= 15 is 0 Å². The number of hydrogen-bond acceptors (Lipinski definition) is 4. The summed E-state index contributed by atoms with van der Waals surface area (Å²) in [5.41, 5.74) is 0.764. The largest absolute Gasteiger partial charge is 0.476 e. The lowest BCUT2D eigenvalue weighted by molar-refractivity contribution is 0.0685. The van der Waals surface area contributed by atoms with Gasteiger partial charge in [0, 0.05) is 16.8 Å². The van der Waals surface area contributed by atoms with Gasteiger partial charge in [0.25, 0.3) is 0 Å². The fourth-order valence-corrected chi connectivity index (χ4v) is 1.38. The van der Waals surface area contributed by atoms with Crippen molar-refractivity contribution in [3.8, 4) is 0 Å². The van der Waals surface area contributed by atoms with Crippen LogP contribution in [0, 0.1) is 0 Å². The lowest BCUT2D eigenvalue weighted by Gasteiger charge is -2.02. The van der Waals surface area contributed by atoms with Gasteiger partial charge in [0.05, 0.1) is 6.54 Å². The van der Waals surface area contributed by atoms with Crippen LogP contribution in [-0.2, 0) is 6.54 Å². The highest BCUT2D eigenvalue weighted by Crippen LogP contribution is 2.14. The van der Waals surface area contributed by atoms with Gasteiger partial charge in [-0.1, -0.05) is 16.8 Å². The number of carbonyl (C=O) groups is 1. The zero-order valence-corrected chi connectivity index (χ0v) is 9.44. The first kappa shape index (κ1) is 11.5. The average molecular weight is 253 g/mol. The van der Waals surface area contributed by atoms with Crippen molar-refractivity contribution in [2.75, 3.05) is 5.32 Å². The Hall–Kier alpha value is -2.01. The number of rotatable bonds is 4. The second-order valence-electron chi connectivity index (χ2n) is 3.34. The Balaban J connectivity index is 1.97. The molecular formula is C11H9ClN2O3. The Bertz CT molecular complexity index is 522. The molecule has 0 bridgehead atoms. The van der Waals surface area contributed by atoms with Crippen molar-refractivity contribution < 1.29 is 14.4 Å². The number of anilines is 1. The summed E-state index contributed by atoms with van der Waals surface area (Å²) < 4.78 is 4.85. The monoisotopic (exact) mass is 252 g/mol. The average Bonchev–Trinajstić information content (AvgIpc) is 2.77. The first-order valence-electron chi connectivity index (χ1n) is 4.83. The van der Waals surface area contributed by atoms with Crippen LogP contribution in [0.2, 0.25) is 5.02 Å². The molecule has 0 saturated carbocycles. The van der Waals surface area contributed by atoms with E-state index in [1.807, 2.05) is 12.1 Å². The van der Waals surface area contributed by atoms with Crippen molar-refractivity contribution in [3.63, 3.8) is 0 Å². The number of aromatic carboxylic acids is 1. The summed E-state index contributed by atoms with van der Waals surface area (Å²) in [7, 11) is 0. The van der Waals surface area contributed by atoms with Crippen molar-refractivity contribution in [2.45, 2.75) is 6.54 Å². The van der Waals surface area contributed by atoms with Crippen molar-refractivity contribution in [3.05, 3.63) is 46.8 Å². The fourth-order valence-electron chi connectivity index (χ4n) is 1.25. The van der Waals surface area contributed by atoms with Crippen LogP contribution in [0.5, 0.6) is 0 Å². The number of hydrogen-bond donors (Lipinski definition) is 2. The van der Waals surface area contributed by atoms with Gasteiger partial charge < -0.3 is 14.9 Å². The minimum Gasteiger partial charge on any atom is -0.476 e. The van der Waals surface area contributed by atoms with E-state index < -0.39 is 5.97 Å². The van der Waals surface area contributed by atoms with Gasteiger partial charge in [0.2, 0.25) is 0 Å². The summed E-state index contributed by atoms with van der Waals surface area (Å²) in [5.74, 6) is -0.649. The van der Waals surface area contributed by atoms with Gasteiger partial charge in [0.15, 0.2) is 11.5 Å². The second-order valence-corrected chi connectivity index (χ2v) is 3.78. The molecule has 1 aromatic carbocycles. The summed E-state index contributed by atoms with van der Waals surface area (Å²) in [6.45, 7) is 0.363. The Labute approximate surface area is 102 Å². The Kier molecular flexibility index (Phi) is 3.30. The molecular weight excluding hydrogens is 244 g/mol. The molecule has 0 radical (unpaired) electrons. The van der Waals surface area contributed by atoms with Gasteiger partial charge in [0.1, 0.15) is 0 Å². The van der Waals surface area contributed by atoms with Crippen LogP contribution in [0.1, 0.15) is 16.2 Å². The molecule has 1 heterocycles. The molecule has 0 atom stereocenters. The predicted molar refractivity (Wildman–Crippen MR) is 62.2 cm³/mol. The molecule has 0 spiro atoms. The molecule has 0 aliphatic rings. The van der Waals surface area contributed by atoms with E-state index in [1.54, 1.807) is 12.1 Å². The van der Waals surface area contributed by atoms with E-state index in [2.05, 4.69) is 10.5 Å². The summed E-state index contributed by atoms with van der Waals surface area (Å²) in [5, 5.41) is 15.8. The molecule has 0 unspecified atom stereocenters. The van der Waals surface area contributed by atoms with E-state index in [0.717, 1.165) is 5.69 Å². The maximum Gasteiger partial charge on any atom is 0.358 e. The number of halogens is 1. The minimum atomic E-state index is -1.11. The van der Waals surface area contributed by atoms with Crippen LogP contribution >= 0.6 is 11.6 Å². The number of benzene rings is 1. The third kappa shape index (κ3) is 2.98. The van der Waals surface area contributed by atoms with E-state index in [0.29, 0.717) is 17.3 Å². The summed E-state index contributed by atoms with van der Waals surface area (Å²) in [6, 6.07) is 8.53. The Morgan fingerprint density at radius 1 is 1.41 bits per heavy atom. The molecule has 0 aliphatic heterocycles. The van der Waals surface area contributed by atoms with E-state index in [4.69, 9.17) is 21.2 Å². The lowest BCUT2D eigenvalue weighted by Crippen LogP contribution is -1.98. The van der Waals surface area contributed by atoms with Gasteiger partial charge >= 0.3 is 5.97 Å². The van der Waals surface area contributed by atoms with Gasteiger partial charge in [-0.3, -0.25) is 0 Å². The molecule has 5 nitrogen and oxygen atoms in total. The van der Waals surface area contributed by atoms with E-state index in [1.165, 1.54) is 6.07 Å². The van der Waals surface area contributed by atoms with Crippen LogP contribution in [0.3, 0.4) is 0 Å². The van der Waals surface area contributed by atoms with Gasteiger partial charge in [-0.2, -0.15) is 0 Å². The molecule has 6 heteroatoms. The number of nitrogens with one attached hydrogen (secondary N) is 1. The topological polar surface area (TPSA) is 75.4 Å². The normalized spacial score (nSPS) is 10.2. The fraction of sp³-hybridized carbons (Fsp3) is 0.0909. The van der Waals surface area contributed by atoms with Crippen LogP contribution in [0.15, 0.2) is 34.9 Å². The van der Waals surface area contributed by atoms with Crippen molar-refractivity contribution >= 4 is 23.3 Å². The first-order chi connectivity index (χ1) is 8.15. The lowest BCUT2D eigenvalue weighted by atomic mass is 10.3. The van der Waals surface area contributed by atoms with E-state index in [9.17, 15) is 4.79 Å². The molecule has 17 heavy (non-hydrogen) atoms. The SMILES string of the molecule is O=C(O)c1cc(CNc2ccc(Cl)cc2)on1. The highest BCUT2D eigenvalue weighted by Gasteiger charge is 2.09. The molecule has 0 saturated heterocycles. The smallest absolute Gasteiger partial charge is 0.358 e. The number of carboxylic acids is 1. The summed E-state index contributed by atoms with van der Waals surface area (Å²) in [4.78, 5) is 10.6. The molecule has 2 rings (SSSR count). The van der Waals surface area contributed by atoms with Crippen molar-refractivity contribution in [2.24, 2.45) is 0 Å².